The Hall–Kier alpha value is -5.54. The maximum absolute atomic E-state index is 13.9. The number of aliphatic imine (C=N–C) groups is 1. The molecule has 0 N–H and O–H groups in total. The molecule has 5 heterocycles. The maximum Gasteiger partial charge on any atom is 0.284 e. The van der Waals surface area contributed by atoms with E-state index < -0.39 is 0 Å². The van der Waals surface area contributed by atoms with Crippen LogP contribution in [-0.4, -0.2) is 41.0 Å². The van der Waals surface area contributed by atoms with Crippen molar-refractivity contribution in [2.24, 2.45) is 4.99 Å². The average molecular weight is 597 g/mol. The molecule has 10 heteroatoms. The number of hydrogen-bond donors (Lipinski definition) is 0. The molecule has 0 radical (unpaired) electrons. The Morgan fingerprint density at radius 1 is 0.773 bits per heavy atom. The van der Waals surface area contributed by atoms with Crippen molar-refractivity contribution < 1.29 is 0 Å². The monoisotopic (exact) mass is 596 g/mol. The number of fused-ring (bicyclic) bond motifs is 2. The molecule has 214 valence electrons. The number of rotatable bonds is 6. The van der Waals surface area contributed by atoms with E-state index in [4.69, 9.17) is 31.8 Å². The van der Waals surface area contributed by atoms with Gasteiger partial charge in [0.25, 0.3) is 11.5 Å². The summed E-state index contributed by atoms with van der Waals surface area (Å²) in [6.07, 6.45) is 4.40. The number of aromatic nitrogens is 6. The second kappa shape index (κ2) is 10.6. The quantitative estimate of drug-likeness (QED) is 0.210. The normalized spacial score (nSPS) is 14.6. The molecule has 44 heavy (non-hydrogen) atoms. The second-order valence-electron chi connectivity index (χ2n) is 10.6. The lowest BCUT2D eigenvalue weighted by Gasteiger charge is -2.42. The van der Waals surface area contributed by atoms with Gasteiger partial charge in [-0.1, -0.05) is 90.5 Å². The van der Waals surface area contributed by atoms with E-state index in [1.165, 1.54) is 0 Å². The Morgan fingerprint density at radius 3 is 2.11 bits per heavy atom. The highest BCUT2D eigenvalue weighted by Gasteiger charge is 2.37. The summed E-state index contributed by atoms with van der Waals surface area (Å²) in [4.78, 5) is 26.1. The lowest BCUT2D eigenvalue weighted by molar-refractivity contribution is 0.423. The van der Waals surface area contributed by atoms with Gasteiger partial charge in [-0.2, -0.15) is 10.1 Å². The van der Waals surface area contributed by atoms with E-state index in [0.29, 0.717) is 22.3 Å². The number of para-hydroxylation sites is 1. The number of anilines is 1. The topological polar surface area (TPSA) is 85.1 Å². The van der Waals surface area contributed by atoms with Gasteiger partial charge in [0, 0.05) is 30.1 Å². The third-order valence-electron chi connectivity index (χ3n) is 7.93. The minimum Gasteiger partial charge on any atom is -0.344 e. The van der Waals surface area contributed by atoms with E-state index in [-0.39, 0.29) is 11.6 Å². The highest BCUT2D eigenvalue weighted by Crippen LogP contribution is 2.39. The summed E-state index contributed by atoms with van der Waals surface area (Å²) < 4.78 is 5.04. The van der Waals surface area contributed by atoms with Crippen LogP contribution in [0.1, 0.15) is 29.4 Å². The zero-order valence-corrected chi connectivity index (χ0v) is 24.2. The Kier molecular flexibility index (Phi) is 6.31. The summed E-state index contributed by atoms with van der Waals surface area (Å²) in [6, 6.07) is 35.0. The fraction of sp³-hybridized carbons (Fsp3) is 0.0882. The Bertz CT molecular complexity index is 2180. The molecule has 1 atom stereocenters. The molecule has 0 unspecified atom stereocenters. The summed E-state index contributed by atoms with van der Waals surface area (Å²) in [7, 11) is 0. The van der Waals surface area contributed by atoms with Crippen molar-refractivity contribution in [3.8, 4) is 5.69 Å². The molecule has 0 aliphatic carbocycles. The average Bonchev–Trinajstić information content (AvgIpc) is 3.67. The van der Waals surface area contributed by atoms with Gasteiger partial charge >= 0.3 is 0 Å². The van der Waals surface area contributed by atoms with Crippen LogP contribution in [0.2, 0.25) is 5.02 Å². The summed E-state index contributed by atoms with van der Waals surface area (Å²) in [6.45, 7) is 0.727. The predicted molar refractivity (Wildman–Crippen MR) is 172 cm³/mol. The molecule has 0 spiro atoms. The van der Waals surface area contributed by atoms with Gasteiger partial charge in [0.2, 0.25) is 0 Å². The van der Waals surface area contributed by atoms with E-state index in [9.17, 15) is 4.79 Å². The first kappa shape index (κ1) is 26.1. The lowest BCUT2D eigenvalue weighted by atomic mass is 10.0. The van der Waals surface area contributed by atoms with Crippen molar-refractivity contribution in [1.29, 1.82) is 0 Å². The SMILES string of the molecule is O=c1c2c(Cl)ccn2nc([C@@H]2CCN2c2nc(N=C(c3ccccc3)c3ccccc3)nn3cccc23)n1-c1ccccc1. The van der Waals surface area contributed by atoms with Crippen molar-refractivity contribution in [3.63, 3.8) is 0 Å². The molecule has 1 aliphatic heterocycles. The van der Waals surface area contributed by atoms with Crippen LogP contribution in [0.25, 0.3) is 16.7 Å². The first-order valence-electron chi connectivity index (χ1n) is 14.3. The number of nitrogens with zero attached hydrogens (tertiary/aromatic N) is 8. The van der Waals surface area contributed by atoms with Crippen molar-refractivity contribution >= 4 is 40.1 Å². The van der Waals surface area contributed by atoms with Gasteiger partial charge in [0.15, 0.2) is 11.6 Å². The molecule has 0 amide bonds. The van der Waals surface area contributed by atoms with E-state index in [0.717, 1.165) is 46.8 Å². The fourth-order valence-electron chi connectivity index (χ4n) is 5.75. The van der Waals surface area contributed by atoms with E-state index in [1.807, 2.05) is 109 Å². The smallest absolute Gasteiger partial charge is 0.284 e. The minimum absolute atomic E-state index is 0.221. The van der Waals surface area contributed by atoms with Gasteiger partial charge < -0.3 is 4.90 Å². The molecular weight excluding hydrogens is 572 g/mol. The molecule has 7 aromatic rings. The lowest BCUT2D eigenvalue weighted by Crippen LogP contribution is -2.45. The van der Waals surface area contributed by atoms with Crippen LogP contribution in [0.3, 0.4) is 0 Å². The van der Waals surface area contributed by atoms with Crippen molar-refractivity contribution in [2.75, 3.05) is 11.4 Å². The summed E-state index contributed by atoms with van der Waals surface area (Å²) >= 11 is 6.43. The predicted octanol–water partition coefficient (Wildman–Crippen LogP) is 6.30. The van der Waals surface area contributed by atoms with Crippen LogP contribution in [0, 0.1) is 0 Å². The molecule has 9 nitrogen and oxygen atoms in total. The second-order valence-corrected chi connectivity index (χ2v) is 11.0. The van der Waals surface area contributed by atoms with Gasteiger partial charge in [-0.05, 0) is 36.8 Å². The molecule has 3 aromatic carbocycles. The van der Waals surface area contributed by atoms with E-state index >= 15 is 0 Å². The largest absolute Gasteiger partial charge is 0.344 e. The zero-order chi connectivity index (χ0) is 29.6. The standard InChI is InChI=1S/C34H25ClN8O/c35-26-18-22-42-30(26)33(44)43(25-15-8-3-9-16-25)32(38-42)27-19-21-40(27)31-28-17-10-20-41(28)39-34(37-31)36-29(23-11-4-1-5-12-23)24-13-6-2-7-14-24/h1-18,20,22,27H,19,21H2/t27-/m0/s1. The minimum atomic E-state index is -0.223. The summed E-state index contributed by atoms with van der Waals surface area (Å²) in [5.74, 6) is 1.66. The van der Waals surface area contributed by atoms with Crippen LogP contribution < -0.4 is 10.5 Å². The van der Waals surface area contributed by atoms with Crippen molar-refractivity contribution in [3.05, 3.63) is 154 Å². The number of benzene rings is 3. The van der Waals surface area contributed by atoms with Crippen LogP contribution in [0.15, 0.2) is 131 Å². The van der Waals surface area contributed by atoms with Crippen LogP contribution in [0.5, 0.6) is 0 Å². The number of halogens is 1. The summed E-state index contributed by atoms with van der Waals surface area (Å²) in [5, 5.41) is 10.0. The third-order valence-corrected chi connectivity index (χ3v) is 8.24. The third kappa shape index (κ3) is 4.37. The molecule has 1 aliphatic rings. The van der Waals surface area contributed by atoms with E-state index in [1.54, 1.807) is 25.9 Å². The molecule has 8 rings (SSSR count). The molecule has 1 fully saturated rings. The van der Waals surface area contributed by atoms with Crippen LogP contribution in [0.4, 0.5) is 11.8 Å². The Morgan fingerprint density at radius 2 is 1.45 bits per heavy atom. The van der Waals surface area contributed by atoms with Crippen molar-refractivity contribution in [2.45, 2.75) is 12.5 Å². The van der Waals surface area contributed by atoms with Gasteiger partial charge in [-0.3, -0.25) is 9.36 Å². The molecule has 1 saturated heterocycles. The van der Waals surface area contributed by atoms with Gasteiger partial charge in [-0.25, -0.2) is 14.0 Å². The Balaban J connectivity index is 1.28. The van der Waals surface area contributed by atoms with Gasteiger partial charge in [-0.15, -0.1) is 5.10 Å². The first-order valence-corrected chi connectivity index (χ1v) is 14.7. The maximum atomic E-state index is 13.9. The van der Waals surface area contributed by atoms with Gasteiger partial charge in [0.05, 0.1) is 22.5 Å². The Labute approximate surface area is 256 Å². The van der Waals surface area contributed by atoms with Crippen LogP contribution >= 0.6 is 11.6 Å². The molecule has 4 aromatic heterocycles. The molecule has 0 saturated carbocycles. The number of hydrogen-bond acceptors (Lipinski definition) is 6. The fourth-order valence-corrected chi connectivity index (χ4v) is 5.98. The first-order chi connectivity index (χ1) is 21.7. The van der Waals surface area contributed by atoms with E-state index in [2.05, 4.69) is 4.90 Å². The zero-order valence-electron chi connectivity index (χ0n) is 23.4. The molecule has 0 bridgehead atoms. The highest BCUT2D eigenvalue weighted by molar-refractivity contribution is 6.33. The summed E-state index contributed by atoms with van der Waals surface area (Å²) in [5.41, 5.74) is 4.39. The van der Waals surface area contributed by atoms with Crippen LogP contribution in [-0.2, 0) is 0 Å². The van der Waals surface area contributed by atoms with Crippen molar-refractivity contribution in [1.82, 2.24) is 28.8 Å². The highest BCUT2D eigenvalue weighted by atomic mass is 35.5. The molecular formula is C34H25ClN8O. The van der Waals surface area contributed by atoms with Gasteiger partial charge in [0.1, 0.15) is 11.0 Å².